The van der Waals surface area contributed by atoms with E-state index in [1.165, 1.54) is 34.4 Å². The molecule has 5 nitrogen and oxygen atoms in total. The normalized spacial score (nSPS) is 14.0. The van der Waals surface area contributed by atoms with Crippen LogP contribution in [0.1, 0.15) is 28.2 Å². The van der Waals surface area contributed by atoms with Gasteiger partial charge in [0, 0.05) is 29.6 Å². The van der Waals surface area contributed by atoms with Crippen molar-refractivity contribution >= 4 is 45.9 Å². The van der Waals surface area contributed by atoms with Crippen LogP contribution < -0.4 is 10.2 Å². The Kier molecular flexibility index (Phi) is 4.75. The third kappa shape index (κ3) is 3.50. The Bertz CT molecular complexity index is 1010. The van der Waals surface area contributed by atoms with Gasteiger partial charge in [0.25, 0.3) is 5.91 Å². The molecule has 1 N–H and O–H groups in total. The van der Waals surface area contributed by atoms with Gasteiger partial charge in [0.15, 0.2) is 0 Å². The van der Waals surface area contributed by atoms with Crippen molar-refractivity contribution in [3.63, 3.8) is 0 Å². The standard InChI is InChI=1S/C19H16FN3O2S2/c1-11-17(27-19(21-11)12-6-8-26-10-12)18(25)22-13-4-5-14(20)15(9-13)23-7-2-3-16(23)24/h4-6,8-10H,2-3,7H2,1H3,(H,22,25). The summed E-state index contributed by atoms with van der Waals surface area (Å²) in [7, 11) is 0. The van der Waals surface area contributed by atoms with Crippen LogP contribution in [0, 0.1) is 12.7 Å². The van der Waals surface area contributed by atoms with Gasteiger partial charge in [0.1, 0.15) is 15.7 Å². The lowest BCUT2D eigenvalue weighted by atomic mass is 10.2. The molecule has 3 heterocycles. The number of aryl methyl sites for hydroxylation is 1. The van der Waals surface area contributed by atoms with Gasteiger partial charge in [-0.05, 0) is 43.0 Å². The SMILES string of the molecule is Cc1nc(-c2ccsc2)sc1C(=O)Nc1ccc(F)c(N2CCCC2=O)c1. The fourth-order valence-corrected chi connectivity index (χ4v) is 4.68. The van der Waals surface area contributed by atoms with Crippen molar-refractivity contribution in [2.75, 3.05) is 16.8 Å². The number of halogens is 1. The molecule has 1 aliphatic heterocycles. The lowest BCUT2D eigenvalue weighted by Crippen LogP contribution is -2.25. The Balaban J connectivity index is 1.58. The number of hydrogen-bond acceptors (Lipinski definition) is 5. The molecular formula is C19H16FN3O2S2. The molecule has 0 spiro atoms. The number of aromatic nitrogens is 1. The maximum Gasteiger partial charge on any atom is 0.267 e. The maximum atomic E-state index is 14.2. The number of benzene rings is 1. The minimum atomic E-state index is -0.475. The van der Waals surface area contributed by atoms with Crippen LogP contribution in [0.3, 0.4) is 0 Å². The summed E-state index contributed by atoms with van der Waals surface area (Å²) in [6, 6.07) is 6.23. The van der Waals surface area contributed by atoms with Gasteiger partial charge >= 0.3 is 0 Å². The van der Waals surface area contributed by atoms with Gasteiger partial charge in [-0.1, -0.05) is 0 Å². The van der Waals surface area contributed by atoms with E-state index < -0.39 is 5.82 Å². The number of rotatable bonds is 4. The average Bonchev–Trinajstić information content (AvgIpc) is 3.37. The first-order valence-corrected chi connectivity index (χ1v) is 10.2. The maximum absolute atomic E-state index is 14.2. The summed E-state index contributed by atoms with van der Waals surface area (Å²) in [6.45, 7) is 2.28. The molecule has 0 aliphatic carbocycles. The second-order valence-corrected chi connectivity index (χ2v) is 7.99. The van der Waals surface area contributed by atoms with Crippen molar-refractivity contribution in [2.45, 2.75) is 19.8 Å². The summed E-state index contributed by atoms with van der Waals surface area (Å²) in [5.74, 6) is -0.871. The molecule has 1 fully saturated rings. The molecular weight excluding hydrogens is 385 g/mol. The van der Waals surface area contributed by atoms with Crippen LogP contribution in [0.25, 0.3) is 10.6 Å². The zero-order valence-corrected chi connectivity index (χ0v) is 16.1. The topological polar surface area (TPSA) is 62.3 Å². The minimum Gasteiger partial charge on any atom is -0.321 e. The van der Waals surface area contributed by atoms with Gasteiger partial charge < -0.3 is 10.2 Å². The molecule has 0 atom stereocenters. The van der Waals surface area contributed by atoms with E-state index in [4.69, 9.17) is 0 Å². The highest BCUT2D eigenvalue weighted by atomic mass is 32.1. The van der Waals surface area contributed by atoms with Crippen LogP contribution in [-0.4, -0.2) is 23.3 Å². The van der Waals surface area contributed by atoms with E-state index in [0.29, 0.717) is 35.6 Å². The van der Waals surface area contributed by atoms with Crippen molar-refractivity contribution in [3.8, 4) is 10.6 Å². The molecule has 138 valence electrons. The molecule has 27 heavy (non-hydrogen) atoms. The zero-order valence-electron chi connectivity index (χ0n) is 14.5. The highest BCUT2D eigenvalue weighted by molar-refractivity contribution is 7.17. The van der Waals surface area contributed by atoms with Crippen molar-refractivity contribution in [2.24, 2.45) is 0 Å². The number of hydrogen-bond donors (Lipinski definition) is 1. The van der Waals surface area contributed by atoms with Gasteiger partial charge in [0.2, 0.25) is 5.91 Å². The van der Waals surface area contributed by atoms with Crippen molar-refractivity contribution in [1.29, 1.82) is 0 Å². The van der Waals surface area contributed by atoms with E-state index in [1.54, 1.807) is 18.3 Å². The molecule has 1 aromatic carbocycles. The number of thiazole rings is 1. The summed E-state index contributed by atoms with van der Waals surface area (Å²) in [4.78, 5) is 31.0. The fourth-order valence-electron chi connectivity index (χ4n) is 3.00. The Morgan fingerprint density at radius 2 is 2.19 bits per heavy atom. The summed E-state index contributed by atoms with van der Waals surface area (Å²) in [6.07, 6.45) is 1.13. The number of nitrogens with one attached hydrogen (secondary N) is 1. The zero-order chi connectivity index (χ0) is 19.0. The van der Waals surface area contributed by atoms with Crippen LogP contribution in [0.15, 0.2) is 35.0 Å². The smallest absolute Gasteiger partial charge is 0.267 e. The molecule has 1 saturated heterocycles. The Morgan fingerprint density at radius 3 is 2.89 bits per heavy atom. The second-order valence-electron chi connectivity index (χ2n) is 6.21. The van der Waals surface area contributed by atoms with Crippen LogP contribution in [0.2, 0.25) is 0 Å². The van der Waals surface area contributed by atoms with E-state index in [0.717, 1.165) is 10.6 Å². The number of anilines is 2. The molecule has 0 radical (unpaired) electrons. The molecule has 2 amide bonds. The van der Waals surface area contributed by atoms with Gasteiger partial charge in [-0.3, -0.25) is 9.59 Å². The molecule has 0 bridgehead atoms. The van der Waals surface area contributed by atoms with Gasteiger partial charge in [-0.15, -0.1) is 11.3 Å². The molecule has 8 heteroatoms. The van der Waals surface area contributed by atoms with Gasteiger partial charge in [-0.25, -0.2) is 9.37 Å². The number of carbonyl (C=O) groups excluding carboxylic acids is 2. The second kappa shape index (κ2) is 7.21. The molecule has 0 unspecified atom stereocenters. The number of amides is 2. The van der Waals surface area contributed by atoms with Crippen LogP contribution in [0.5, 0.6) is 0 Å². The first kappa shape index (κ1) is 17.8. The Hall–Kier alpha value is -2.58. The van der Waals surface area contributed by atoms with Gasteiger partial charge in [0.05, 0.1) is 11.4 Å². The molecule has 3 aromatic rings. The number of nitrogens with zero attached hydrogens (tertiary/aromatic N) is 2. The first-order chi connectivity index (χ1) is 13.0. The van der Waals surface area contributed by atoms with E-state index in [1.807, 2.05) is 16.8 Å². The highest BCUT2D eigenvalue weighted by Crippen LogP contribution is 2.31. The number of thiophene rings is 1. The quantitative estimate of drug-likeness (QED) is 0.689. The first-order valence-electron chi connectivity index (χ1n) is 8.44. The molecule has 0 saturated carbocycles. The van der Waals surface area contributed by atoms with E-state index >= 15 is 0 Å². The van der Waals surface area contributed by atoms with E-state index in [-0.39, 0.29) is 17.5 Å². The minimum absolute atomic E-state index is 0.101. The van der Waals surface area contributed by atoms with Crippen molar-refractivity contribution in [1.82, 2.24) is 4.98 Å². The predicted octanol–water partition coefficient (Wildman–Crippen LogP) is 4.70. The molecule has 2 aromatic heterocycles. The Labute approximate surface area is 163 Å². The third-order valence-corrected chi connectivity index (χ3v) is 6.23. The highest BCUT2D eigenvalue weighted by Gasteiger charge is 2.25. The largest absolute Gasteiger partial charge is 0.321 e. The molecule has 1 aliphatic rings. The fraction of sp³-hybridized carbons (Fsp3) is 0.211. The lowest BCUT2D eigenvalue weighted by molar-refractivity contribution is -0.117. The van der Waals surface area contributed by atoms with Crippen molar-refractivity contribution in [3.05, 3.63) is 51.4 Å². The van der Waals surface area contributed by atoms with Gasteiger partial charge in [-0.2, -0.15) is 11.3 Å². The lowest BCUT2D eigenvalue weighted by Gasteiger charge is -2.17. The van der Waals surface area contributed by atoms with E-state index in [2.05, 4.69) is 10.3 Å². The monoisotopic (exact) mass is 401 g/mol. The summed E-state index contributed by atoms with van der Waals surface area (Å²) in [5, 5.41) is 7.54. The van der Waals surface area contributed by atoms with Crippen molar-refractivity contribution < 1.29 is 14.0 Å². The summed E-state index contributed by atoms with van der Waals surface area (Å²) < 4.78 is 14.2. The third-order valence-electron chi connectivity index (χ3n) is 4.34. The average molecular weight is 401 g/mol. The van der Waals surface area contributed by atoms with Crippen LogP contribution in [0.4, 0.5) is 15.8 Å². The van der Waals surface area contributed by atoms with E-state index in [9.17, 15) is 14.0 Å². The molecule has 4 rings (SSSR count). The Morgan fingerprint density at radius 1 is 1.33 bits per heavy atom. The van der Waals surface area contributed by atoms with Crippen LogP contribution >= 0.6 is 22.7 Å². The van der Waals surface area contributed by atoms with Crippen LogP contribution in [-0.2, 0) is 4.79 Å². The summed E-state index contributed by atoms with van der Waals surface area (Å²) >= 11 is 2.90. The number of carbonyl (C=O) groups is 2. The predicted molar refractivity (Wildman–Crippen MR) is 106 cm³/mol. The summed E-state index contributed by atoms with van der Waals surface area (Å²) in [5.41, 5.74) is 2.29.